The number of carbonyl (C=O) groups is 1. The molecule has 150 valence electrons. The number of aromatic amines is 1. The first kappa shape index (κ1) is 18.4. The van der Waals surface area contributed by atoms with E-state index in [1.807, 2.05) is 24.3 Å². The van der Waals surface area contributed by atoms with Crippen LogP contribution in [0.2, 0.25) is 0 Å². The van der Waals surface area contributed by atoms with Gasteiger partial charge in [-0.15, -0.1) is 0 Å². The Kier molecular flexibility index (Phi) is 4.47. The van der Waals surface area contributed by atoms with Crippen LogP contribution in [0, 0.1) is 11.6 Å². The lowest BCUT2D eigenvalue weighted by molar-refractivity contribution is 0.192. The van der Waals surface area contributed by atoms with E-state index < -0.39 is 17.9 Å². The van der Waals surface area contributed by atoms with Gasteiger partial charge in [0, 0.05) is 34.4 Å². The van der Waals surface area contributed by atoms with Crippen molar-refractivity contribution < 1.29 is 13.6 Å². The average molecular weight is 403 g/mol. The van der Waals surface area contributed by atoms with Crippen LogP contribution in [0.25, 0.3) is 10.9 Å². The van der Waals surface area contributed by atoms with E-state index in [1.54, 1.807) is 29.2 Å². The smallest absolute Gasteiger partial charge is 0.322 e. The molecule has 0 bridgehead atoms. The molecule has 1 aromatic heterocycles. The van der Waals surface area contributed by atoms with Crippen LogP contribution in [0.15, 0.2) is 72.8 Å². The van der Waals surface area contributed by atoms with Gasteiger partial charge < -0.3 is 15.2 Å². The Morgan fingerprint density at radius 3 is 2.63 bits per heavy atom. The monoisotopic (exact) mass is 403 g/mol. The summed E-state index contributed by atoms with van der Waals surface area (Å²) in [4.78, 5) is 18.2. The van der Waals surface area contributed by atoms with Gasteiger partial charge in [-0.25, -0.2) is 13.6 Å². The number of nitrogens with zero attached hydrogens (tertiary/aromatic N) is 1. The van der Waals surface area contributed by atoms with Crippen LogP contribution in [-0.2, 0) is 6.42 Å². The van der Waals surface area contributed by atoms with Gasteiger partial charge in [0.15, 0.2) is 0 Å². The molecule has 6 heteroatoms. The fraction of sp³-hybridized carbons (Fsp3) is 0.125. The van der Waals surface area contributed by atoms with Crippen molar-refractivity contribution in [3.63, 3.8) is 0 Å². The number of fused-ring (bicyclic) bond motifs is 3. The maximum Gasteiger partial charge on any atom is 0.322 e. The summed E-state index contributed by atoms with van der Waals surface area (Å²) in [5, 5.41) is 3.83. The van der Waals surface area contributed by atoms with Crippen LogP contribution in [0.1, 0.15) is 22.9 Å². The SMILES string of the molecule is O=C(Nc1cccc(F)c1)N1CCc2c([nH]c3ccccc23)[C@H]1c1ccccc1F. The summed E-state index contributed by atoms with van der Waals surface area (Å²) >= 11 is 0. The predicted octanol–water partition coefficient (Wildman–Crippen LogP) is 5.63. The van der Waals surface area contributed by atoms with Crippen LogP contribution in [-0.4, -0.2) is 22.5 Å². The fourth-order valence-corrected chi connectivity index (χ4v) is 4.24. The highest BCUT2D eigenvalue weighted by Gasteiger charge is 2.36. The highest BCUT2D eigenvalue weighted by molar-refractivity contribution is 5.91. The molecule has 3 aromatic carbocycles. The summed E-state index contributed by atoms with van der Waals surface area (Å²) in [7, 11) is 0. The molecule has 4 aromatic rings. The number of H-pyrrole nitrogens is 1. The van der Waals surface area contributed by atoms with Crippen LogP contribution >= 0.6 is 0 Å². The third kappa shape index (κ3) is 3.10. The van der Waals surface area contributed by atoms with Gasteiger partial charge in [-0.3, -0.25) is 0 Å². The normalized spacial score (nSPS) is 15.8. The second-order valence-corrected chi connectivity index (χ2v) is 7.37. The first-order chi connectivity index (χ1) is 14.6. The van der Waals surface area contributed by atoms with Crippen molar-refractivity contribution in [1.29, 1.82) is 0 Å². The lowest BCUT2D eigenvalue weighted by Gasteiger charge is -2.36. The molecule has 1 aliphatic heterocycles. The molecule has 30 heavy (non-hydrogen) atoms. The largest absolute Gasteiger partial charge is 0.356 e. The molecule has 0 aliphatic carbocycles. The Hall–Kier alpha value is -3.67. The van der Waals surface area contributed by atoms with Gasteiger partial charge in [0.05, 0.1) is 0 Å². The second kappa shape index (κ2) is 7.30. The minimum atomic E-state index is -0.615. The van der Waals surface area contributed by atoms with Crippen molar-refractivity contribution in [2.45, 2.75) is 12.5 Å². The van der Waals surface area contributed by atoms with Crippen LogP contribution in [0.3, 0.4) is 0 Å². The molecule has 0 fully saturated rings. The summed E-state index contributed by atoms with van der Waals surface area (Å²) in [6, 6.07) is 19.1. The number of para-hydroxylation sites is 1. The Balaban J connectivity index is 1.60. The lowest BCUT2D eigenvalue weighted by Crippen LogP contribution is -2.43. The molecule has 2 N–H and O–H groups in total. The summed E-state index contributed by atoms with van der Waals surface area (Å²) in [6.07, 6.45) is 0.640. The molecule has 1 atom stereocenters. The zero-order valence-electron chi connectivity index (χ0n) is 16.0. The fourth-order valence-electron chi connectivity index (χ4n) is 4.24. The molecule has 1 aliphatic rings. The molecule has 2 heterocycles. The number of nitrogens with one attached hydrogen (secondary N) is 2. The highest BCUT2D eigenvalue weighted by atomic mass is 19.1. The van der Waals surface area contributed by atoms with Gasteiger partial charge in [0.1, 0.15) is 17.7 Å². The van der Waals surface area contributed by atoms with Gasteiger partial charge in [0.2, 0.25) is 0 Å². The van der Waals surface area contributed by atoms with Gasteiger partial charge >= 0.3 is 6.03 Å². The number of urea groups is 1. The van der Waals surface area contributed by atoms with Crippen LogP contribution in [0.5, 0.6) is 0 Å². The summed E-state index contributed by atoms with van der Waals surface area (Å²) in [5.74, 6) is -0.812. The predicted molar refractivity (Wildman–Crippen MR) is 112 cm³/mol. The molecule has 0 saturated carbocycles. The number of halogens is 2. The van der Waals surface area contributed by atoms with Crippen molar-refractivity contribution in [3.8, 4) is 0 Å². The number of benzene rings is 3. The molecule has 0 spiro atoms. The van der Waals surface area contributed by atoms with Gasteiger partial charge in [0.25, 0.3) is 0 Å². The maximum atomic E-state index is 14.8. The van der Waals surface area contributed by atoms with Crippen molar-refractivity contribution in [2.75, 3.05) is 11.9 Å². The van der Waals surface area contributed by atoms with E-state index >= 15 is 0 Å². The molecule has 0 unspecified atom stereocenters. The molecule has 2 amide bonds. The minimum Gasteiger partial charge on any atom is -0.356 e. The van der Waals surface area contributed by atoms with E-state index in [1.165, 1.54) is 24.3 Å². The van der Waals surface area contributed by atoms with Crippen LogP contribution in [0.4, 0.5) is 19.3 Å². The van der Waals surface area contributed by atoms with E-state index in [-0.39, 0.29) is 5.82 Å². The second-order valence-electron chi connectivity index (χ2n) is 7.37. The molecular weight excluding hydrogens is 384 g/mol. The average Bonchev–Trinajstić information content (AvgIpc) is 3.12. The van der Waals surface area contributed by atoms with Gasteiger partial charge in [-0.2, -0.15) is 0 Å². The molecule has 4 nitrogen and oxygen atoms in total. The van der Waals surface area contributed by atoms with Crippen molar-refractivity contribution in [2.24, 2.45) is 0 Å². The molecule has 5 rings (SSSR count). The van der Waals surface area contributed by atoms with E-state index in [0.717, 1.165) is 22.2 Å². The summed E-state index contributed by atoms with van der Waals surface area (Å²) in [5.41, 5.74) is 3.63. The number of hydrogen-bond donors (Lipinski definition) is 2. The number of rotatable bonds is 2. The maximum absolute atomic E-state index is 14.8. The van der Waals surface area contributed by atoms with E-state index in [2.05, 4.69) is 10.3 Å². The Labute approximate surface area is 172 Å². The topological polar surface area (TPSA) is 48.1 Å². The van der Waals surface area contributed by atoms with Crippen molar-refractivity contribution in [1.82, 2.24) is 9.88 Å². The molecule has 0 radical (unpaired) electrons. The van der Waals surface area contributed by atoms with Gasteiger partial charge in [-0.05, 0) is 42.3 Å². The quantitative estimate of drug-likeness (QED) is 0.448. The number of carbonyl (C=O) groups excluding carboxylic acids is 1. The first-order valence-corrected chi connectivity index (χ1v) is 9.79. The Bertz CT molecular complexity index is 1250. The summed E-state index contributed by atoms with van der Waals surface area (Å²) in [6.45, 7) is 0.412. The first-order valence-electron chi connectivity index (χ1n) is 9.79. The van der Waals surface area contributed by atoms with Crippen LogP contribution < -0.4 is 5.32 Å². The third-order valence-corrected chi connectivity index (χ3v) is 5.57. The zero-order valence-corrected chi connectivity index (χ0v) is 16.0. The van der Waals surface area contributed by atoms with Crippen molar-refractivity contribution >= 4 is 22.6 Å². The van der Waals surface area contributed by atoms with Crippen molar-refractivity contribution in [3.05, 3.63) is 101 Å². The standard InChI is InChI=1S/C24H19F2N3O/c25-15-6-5-7-16(14-15)27-24(30)29-13-12-18-17-8-2-4-11-21(17)28-22(18)23(29)19-9-1-3-10-20(19)26/h1-11,14,23,28H,12-13H2,(H,27,30)/t23-/m1/s1. The number of hydrogen-bond acceptors (Lipinski definition) is 1. The molecule has 0 saturated heterocycles. The third-order valence-electron chi connectivity index (χ3n) is 5.57. The highest BCUT2D eigenvalue weighted by Crippen LogP contribution is 2.39. The van der Waals surface area contributed by atoms with E-state index in [0.29, 0.717) is 24.2 Å². The lowest BCUT2D eigenvalue weighted by atomic mass is 9.92. The van der Waals surface area contributed by atoms with Gasteiger partial charge in [-0.1, -0.05) is 42.5 Å². The zero-order chi connectivity index (χ0) is 20.7. The number of anilines is 1. The Morgan fingerprint density at radius 2 is 1.80 bits per heavy atom. The minimum absolute atomic E-state index is 0.356. The van der Waals surface area contributed by atoms with E-state index in [4.69, 9.17) is 0 Å². The molecular formula is C24H19F2N3O. The number of aromatic nitrogens is 1. The van der Waals surface area contributed by atoms with E-state index in [9.17, 15) is 13.6 Å². The summed E-state index contributed by atoms with van der Waals surface area (Å²) < 4.78 is 28.4. The number of amides is 2. The Morgan fingerprint density at radius 1 is 1.00 bits per heavy atom.